The first-order chi connectivity index (χ1) is 14.0. The highest BCUT2D eigenvalue weighted by molar-refractivity contribution is 6.19. The van der Waals surface area contributed by atoms with Gasteiger partial charge in [0.2, 0.25) is 0 Å². The number of ketones is 1. The van der Waals surface area contributed by atoms with Gasteiger partial charge in [-0.2, -0.15) is 0 Å². The van der Waals surface area contributed by atoms with Crippen LogP contribution in [-0.4, -0.2) is 17.9 Å². The molecule has 0 saturated carbocycles. The Kier molecular flexibility index (Phi) is 3.95. The maximum atomic E-state index is 13.4. The van der Waals surface area contributed by atoms with Crippen molar-refractivity contribution < 1.29 is 9.53 Å². The first-order valence-electron chi connectivity index (χ1n) is 9.99. The molecule has 1 heterocycles. The molecule has 0 unspecified atom stereocenters. The highest BCUT2D eigenvalue weighted by Crippen LogP contribution is 2.45. The Morgan fingerprint density at radius 1 is 0.897 bits per heavy atom. The lowest BCUT2D eigenvalue weighted by atomic mass is 9.73. The molecule has 4 aromatic rings. The molecule has 1 aliphatic rings. The van der Waals surface area contributed by atoms with Crippen molar-refractivity contribution >= 4 is 27.5 Å². The standard InChI is InChI=1S/C26H23NO2/c1-26(2)14-20-25(21(28)15-26)24(18-10-6-7-11-22(18)29-3)23-17-9-5-4-8-16(17)12-13-19(23)27-20/h4-13H,14-15H2,1-3H3. The van der Waals surface area contributed by atoms with Gasteiger partial charge in [0.25, 0.3) is 0 Å². The molecule has 0 saturated heterocycles. The van der Waals surface area contributed by atoms with Gasteiger partial charge in [0, 0.05) is 28.5 Å². The minimum absolute atomic E-state index is 0.0837. The molecule has 0 atom stereocenters. The Balaban J connectivity index is 2.01. The summed E-state index contributed by atoms with van der Waals surface area (Å²) >= 11 is 0. The van der Waals surface area contributed by atoms with Crippen LogP contribution in [0.5, 0.6) is 5.75 Å². The highest BCUT2D eigenvalue weighted by Gasteiger charge is 2.35. The third kappa shape index (κ3) is 2.80. The summed E-state index contributed by atoms with van der Waals surface area (Å²) in [6.45, 7) is 4.28. The zero-order chi connectivity index (χ0) is 20.2. The first-order valence-corrected chi connectivity index (χ1v) is 9.99. The quantitative estimate of drug-likeness (QED) is 0.387. The average molecular weight is 381 g/mol. The summed E-state index contributed by atoms with van der Waals surface area (Å²) in [5.41, 5.74) is 4.41. The molecular weight excluding hydrogens is 358 g/mol. The number of aromatic nitrogens is 1. The molecule has 1 aromatic heterocycles. The summed E-state index contributed by atoms with van der Waals surface area (Å²) in [4.78, 5) is 18.4. The van der Waals surface area contributed by atoms with E-state index < -0.39 is 0 Å². The second kappa shape index (κ2) is 6.41. The zero-order valence-corrected chi connectivity index (χ0v) is 17.0. The maximum Gasteiger partial charge on any atom is 0.165 e. The molecule has 0 aliphatic heterocycles. The number of benzene rings is 3. The van der Waals surface area contributed by atoms with Crippen molar-refractivity contribution in [3.05, 3.63) is 71.9 Å². The van der Waals surface area contributed by atoms with Crippen molar-refractivity contribution in [1.29, 1.82) is 0 Å². The van der Waals surface area contributed by atoms with Crippen molar-refractivity contribution in [2.24, 2.45) is 5.41 Å². The molecule has 0 amide bonds. The number of para-hydroxylation sites is 1. The van der Waals surface area contributed by atoms with Crippen LogP contribution in [0.1, 0.15) is 36.3 Å². The number of carbonyl (C=O) groups is 1. The largest absolute Gasteiger partial charge is 0.496 e. The molecule has 144 valence electrons. The number of hydrogen-bond donors (Lipinski definition) is 0. The van der Waals surface area contributed by atoms with E-state index in [2.05, 4.69) is 38.1 Å². The Bertz CT molecular complexity index is 1290. The first kappa shape index (κ1) is 17.9. The van der Waals surface area contributed by atoms with E-state index in [1.807, 2.05) is 36.4 Å². The van der Waals surface area contributed by atoms with Gasteiger partial charge in [-0.3, -0.25) is 9.78 Å². The minimum Gasteiger partial charge on any atom is -0.496 e. The average Bonchev–Trinajstić information content (AvgIpc) is 2.71. The van der Waals surface area contributed by atoms with Crippen LogP contribution in [0.2, 0.25) is 0 Å². The summed E-state index contributed by atoms with van der Waals surface area (Å²) in [5, 5.41) is 3.28. The van der Waals surface area contributed by atoms with Crippen LogP contribution >= 0.6 is 0 Å². The van der Waals surface area contributed by atoms with Crippen molar-refractivity contribution in [3.63, 3.8) is 0 Å². The van der Waals surface area contributed by atoms with Crippen LogP contribution < -0.4 is 4.74 Å². The fraction of sp³-hybridized carbons (Fsp3) is 0.231. The predicted octanol–water partition coefficient (Wildman–Crippen LogP) is 6.22. The number of hydrogen-bond acceptors (Lipinski definition) is 3. The van der Waals surface area contributed by atoms with Crippen LogP contribution in [0, 0.1) is 5.41 Å². The number of rotatable bonds is 2. The van der Waals surface area contributed by atoms with E-state index in [1.54, 1.807) is 7.11 Å². The van der Waals surface area contributed by atoms with Crippen LogP contribution in [-0.2, 0) is 6.42 Å². The molecule has 1 aliphatic carbocycles. The number of nitrogens with zero attached hydrogens (tertiary/aromatic N) is 1. The predicted molar refractivity (Wildman–Crippen MR) is 118 cm³/mol. The maximum absolute atomic E-state index is 13.4. The number of methoxy groups -OCH3 is 1. The van der Waals surface area contributed by atoms with E-state index in [4.69, 9.17) is 9.72 Å². The second-order valence-electron chi connectivity index (χ2n) is 8.63. The van der Waals surface area contributed by atoms with E-state index in [9.17, 15) is 4.79 Å². The molecule has 0 fully saturated rings. The fourth-order valence-electron chi connectivity index (χ4n) is 4.67. The molecule has 3 heteroatoms. The Labute approximate surface area is 170 Å². The van der Waals surface area contributed by atoms with Gasteiger partial charge in [-0.15, -0.1) is 0 Å². The van der Waals surface area contributed by atoms with Crippen molar-refractivity contribution in [1.82, 2.24) is 4.98 Å². The Morgan fingerprint density at radius 2 is 1.66 bits per heavy atom. The van der Waals surface area contributed by atoms with Gasteiger partial charge in [-0.05, 0) is 34.7 Å². The van der Waals surface area contributed by atoms with Crippen molar-refractivity contribution in [2.45, 2.75) is 26.7 Å². The number of Topliss-reactive ketones (excluding diaryl/α,β-unsaturated/α-hetero) is 1. The SMILES string of the molecule is COc1ccccc1-c1c2c(nc3ccc4ccccc4c13)CC(C)(C)CC2=O. The van der Waals surface area contributed by atoms with Crippen LogP contribution in [0.15, 0.2) is 60.7 Å². The molecule has 0 radical (unpaired) electrons. The van der Waals surface area contributed by atoms with Crippen LogP contribution in [0.3, 0.4) is 0 Å². The lowest BCUT2D eigenvalue weighted by Gasteiger charge is -2.31. The Morgan fingerprint density at radius 3 is 2.48 bits per heavy atom. The zero-order valence-electron chi connectivity index (χ0n) is 17.0. The van der Waals surface area contributed by atoms with Gasteiger partial charge in [-0.1, -0.05) is 62.4 Å². The summed E-state index contributed by atoms with van der Waals surface area (Å²) in [6.07, 6.45) is 1.32. The van der Waals surface area contributed by atoms with Crippen LogP contribution in [0.25, 0.3) is 32.8 Å². The van der Waals surface area contributed by atoms with E-state index >= 15 is 0 Å². The number of carbonyl (C=O) groups excluding carboxylic acids is 1. The highest BCUT2D eigenvalue weighted by atomic mass is 16.5. The van der Waals surface area contributed by atoms with Gasteiger partial charge in [0.1, 0.15) is 5.75 Å². The third-order valence-electron chi connectivity index (χ3n) is 5.89. The normalized spacial score (nSPS) is 15.5. The van der Waals surface area contributed by atoms with Gasteiger partial charge in [0.15, 0.2) is 5.78 Å². The lowest BCUT2D eigenvalue weighted by Crippen LogP contribution is -2.28. The number of ether oxygens (including phenoxy) is 1. The van der Waals surface area contributed by atoms with Crippen molar-refractivity contribution in [3.8, 4) is 16.9 Å². The summed E-state index contributed by atoms with van der Waals surface area (Å²) in [6, 6.07) is 20.4. The topological polar surface area (TPSA) is 39.2 Å². The molecule has 3 nitrogen and oxygen atoms in total. The van der Waals surface area contributed by atoms with Crippen LogP contribution in [0.4, 0.5) is 0 Å². The molecular formula is C26H23NO2. The lowest BCUT2D eigenvalue weighted by molar-refractivity contribution is 0.0911. The molecule has 0 N–H and O–H groups in total. The molecule has 3 aromatic carbocycles. The monoisotopic (exact) mass is 381 g/mol. The Hall–Kier alpha value is -3.20. The second-order valence-corrected chi connectivity index (χ2v) is 8.63. The number of pyridine rings is 1. The third-order valence-corrected chi connectivity index (χ3v) is 5.89. The fourth-order valence-corrected chi connectivity index (χ4v) is 4.67. The van der Waals surface area contributed by atoms with E-state index in [0.29, 0.717) is 6.42 Å². The molecule has 0 spiro atoms. The smallest absolute Gasteiger partial charge is 0.165 e. The summed E-state index contributed by atoms with van der Waals surface area (Å²) < 4.78 is 5.70. The van der Waals surface area contributed by atoms with Crippen molar-refractivity contribution in [2.75, 3.05) is 7.11 Å². The van der Waals surface area contributed by atoms with Gasteiger partial charge in [0.05, 0.1) is 18.3 Å². The molecule has 29 heavy (non-hydrogen) atoms. The summed E-state index contributed by atoms with van der Waals surface area (Å²) in [7, 11) is 1.68. The number of fused-ring (bicyclic) bond motifs is 4. The van der Waals surface area contributed by atoms with E-state index in [1.165, 1.54) is 0 Å². The van der Waals surface area contributed by atoms with Gasteiger partial charge in [-0.25, -0.2) is 0 Å². The summed E-state index contributed by atoms with van der Waals surface area (Å²) in [5.74, 6) is 0.937. The van der Waals surface area contributed by atoms with Gasteiger partial charge >= 0.3 is 0 Å². The molecule has 0 bridgehead atoms. The van der Waals surface area contributed by atoms with Gasteiger partial charge < -0.3 is 4.74 Å². The van der Waals surface area contributed by atoms with E-state index in [-0.39, 0.29) is 11.2 Å². The van der Waals surface area contributed by atoms with E-state index in [0.717, 1.165) is 56.2 Å². The molecule has 5 rings (SSSR count). The minimum atomic E-state index is -0.0837.